The predicted octanol–water partition coefficient (Wildman–Crippen LogP) is 1.67. The summed E-state index contributed by atoms with van der Waals surface area (Å²) in [6.45, 7) is 1.21. The number of carbonyl (C=O) groups excluding carboxylic acids is 1. The number of ether oxygens (including phenoxy) is 1. The van der Waals surface area contributed by atoms with Gasteiger partial charge < -0.3 is 10.1 Å². The predicted molar refractivity (Wildman–Crippen MR) is 131 cm³/mol. The van der Waals surface area contributed by atoms with Crippen LogP contribution in [0.2, 0.25) is 0 Å². The molecular formula is C21H22N4O5S3. The summed E-state index contributed by atoms with van der Waals surface area (Å²) in [6, 6.07) is 4.80. The number of fused-ring (bicyclic) bond motifs is 1. The van der Waals surface area contributed by atoms with Crippen LogP contribution in [-0.4, -0.2) is 69.7 Å². The second kappa shape index (κ2) is 8.82. The number of pyridine rings is 1. The molecule has 0 bridgehead atoms. The van der Waals surface area contributed by atoms with E-state index < -0.39 is 15.9 Å². The zero-order valence-corrected chi connectivity index (χ0v) is 20.0. The molecule has 0 saturated carbocycles. The lowest BCUT2D eigenvalue weighted by Gasteiger charge is -2.20. The summed E-state index contributed by atoms with van der Waals surface area (Å²) < 4.78 is 31.2. The molecule has 3 fully saturated rings. The molecule has 3 aliphatic heterocycles. The second-order valence-electron chi connectivity index (χ2n) is 8.23. The maximum Gasteiger partial charge on any atom is 0.267 e. The van der Waals surface area contributed by atoms with Crippen LogP contribution < -0.4 is 10.9 Å². The Morgan fingerprint density at radius 2 is 2.15 bits per heavy atom. The van der Waals surface area contributed by atoms with Gasteiger partial charge in [0.25, 0.3) is 11.5 Å². The van der Waals surface area contributed by atoms with Crippen molar-refractivity contribution in [2.75, 3.05) is 30.0 Å². The standard InChI is InChI=1S/C21H22N4O5S3/c26-19-15(10-16-20(27)25(21(31)32-16)13-6-9-33(28,29)12-13)18(22-11-14-4-3-8-30-14)23-17-5-1-2-7-24(17)19/h1-2,5,7,10,13-14,22H,3-4,6,8-9,11-12H2/b16-10-/t13-,14-/m1/s1. The molecule has 2 aromatic heterocycles. The summed E-state index contributed by atoms with van der Waals surface area (Å²) in [4.78, 5) is 32.7. The monoisotopic (exact) mass is 506 g/mol. The van der Waals surface area contributed by atoms with Crippen molar-refractivity contribution >= 4 is 61.6 Å². The van der Waals surface area contributed by atoms with E-state index >= 15 is 0 Å². The number of thioether (sulfide) groups is 1. The Balaban J connectivity index is 1.51. The molecule has 5 heterocycles. The average Bonchev–Trinajstić information content (AvgIpc) is 3.49. The van der Waals surface area contributed by atoms with E-state index in [0.29, 0.717) is 35.4 Å². The topological polar surface area (TPSA) is 110 Å². The molecule has 2 atom stereocenters. The van der Waals surface area contributed by atoms with Crippen LogP contribution in [0.3, 0.4) is 0 Å². The van der Waals surface area contributed by atoms with Gasteiger partial charge in [0, 0.05) is 19.3 Å². The summed E-state index contributed by atoms with van der Waals surface area (Å²) in [7, 11) is -3.18. The van der Waals surface area contributed by atoms with Crippen LogP contribution in [0.25, 0.3) is 11.7 Å². The average molecular weight is 507 g/mol. The highest BCUT2D eigenvalue weighted by Gasteiger charge is 2.42. The van der Waals surface area contributed by atoms with E-state index in [4.69, 9.17) is 17.0 Å². The molecule has 9 nitrogen and oxygen atoms in total. The molecule has 1 N–H and O–H groups in total. The number of thiocarbonyl (C=S) groups is 1. The number of hydrogen-bond acceptors (Lipinski definition) is 9. The Hall–Kier alpha value is -2.28. The minimum Gasteiger partial charge on any atom is -0.376 e. The highest BCUT2D eigenvalue weighted by Crippen LogP contribution is 2.36. The van der Waals surface area contributed by atoms with Gasteiger partial charge in [-0.3, -0.25) is 18.9 Å². The first-order valence-electron chi connectivity index (χ1n) is 10.7. The fraction of sp³-hybridized carbons (Fsp3) is 0.429. The van der Waals surface area contributed by atoms with Crippen molar-refractivity contribution in [2.45, 2.75) is 31.4 Å². The van der Waals surface area contributed by atoms with E-state index in [0.717, 1.165) is 24.6 Å². The molecule has 174 valence electrons. The first kappa shape index (κ1) is 22.5. The molecule has 3 saturated heterocycles. The van der Waals surface area contributed by atoms with Gasteiger partial charge in [0.2, 0.25) is 0 Å². The van der Waals surface area contributed by atoms with Gasteiger partial charge in [-0.25, -0.2) is 13.4 Å². The summed E-state index contributed by atoms with van der Waals surface area (Å²) in [5, 5.41) is 3.22. The first-order valence-corrected chi connectivity index (χ1v) is 13.7. The van der Waals surface area contributed by atoms with Gasteiger partial charge in [0.1, 0.15) is 15.8 Å². The molecule has 2 aromatic rings. The summed E-state index contributed by atoms with van der Waals surface area (Å²) >= 11 is 6.47. The number of anilines is 1. The molecule has 0 unspecified atom stereocenters. The zero-order valence-electron chi connectivity index (χ0n) is 17.6. The quantitative estimate of drug-likeness (QED) is 0.478. The fourth-order valence-electron chi connectivity index (χ4n) is 4.29. The number of nitrogens with zero attached hydrogens (tertiary/aromatic N) is 3. The van der Waals surface area contributed by atoms with Crippen LogP contribution in [0.5, 0.6) is 0 Å². The van der Waals surface area contributed by atoms with E-state index in [1.54, 1.807) is 24.4 Å². The minimum absolute atomic E-state index is 0.0383. The fourth-order valence-corrected chi connectivity index (χ4v) is 7.37. The molecule has 5 rings (SSSR count). The third-order valence-electron chi connectivity index (χ3n) is 5.96. The highest BCUT2D eigenvalue weighted by atomic mass is 32.2. The normalized spacial score (nSPS) is 26.1. The number of carbonyl (C=O) groups is 1. The van der Waals surface area contributed by atoms with Crippen LogP contribution in [0.1, 0.15) is 24.8 Å². The number of hydrogen-bond donors (Lipinski definition) is 1. The minimum atomic E-state index is -3.18. The number of rotatable bonds is 5. The molecule has 3 aliphatic rings. The summed E-state index contributed by atoms with van der Waals surface area (Å²) in [5.74, 6) is -0.0626. The molecule has 0 radical (unpaired) electrons. The maximum atomic E-state index is 13.3. The van der Waals surface area contributed by atoms with Crippen LogP contribution in [0.4, 0.5) is 5.82 Å². The van der Waals surface area contributed by atoms with Crippen LogP contribution in [0, 0.1) is 0 Å². The van der Waals surface area contributed by atoms with Crippen molar-refractivity contribution in [2.24, 2.45) is 0 Å². The van der Waals surface area contributed by atoms with Crippen molar-refractivity contribution in [1.29, 1.82) is 0 Å². The SMILES string of the molecule is O=C1/C(=C/c2c(NC[C@H]3CCCO3)nc3ccccn3c2=O)SC(=S)N1[C@@H]1CCS(=O)(=O)C1. The Morgan fingerprint density at radius 1 is 1.30 bits per heavy atom. The van der Waals surface area contributed by atoms with Gasteiger partial charge in [0.15, 0.2) is 9.84 Å². The number of sulfone groups is 1. The van der Waals surface area contributed by atoms with Crippen LogP contribution >= 0.6 is 24.0 Å². The van der Waals surface area contributed by atoms with Gasteiger partial charge in [-0.1, -0.05) is 30.0 Å². The van der Waals surface area contributed by atoms with Crippen molar-refractivity contribution in [3.63, 3.8) is 0 Å². The summed E-state index contributed by atoms with van der Waals surface area (Å²) in [5.41, 5.74) is 0.415. The Kier molecular flexibility index (Phi) is 6.02. The number of nitrogens with one attached hydrogen (secondary N) is 1. The van der Waals surface area contributed by atoms with Crippen molar-refractivity contribution < 1.29 is 17.9 Å². The lowest BCUT2D eigenvalue weighted by Crippen LogP contribution is -2.39. The highest BCUT2D eigenvalue weighted by molar-refractivity contribution is 8.26. The Labute approximate surface area is 200 Å². The molecule has 33 heavy (non-hydrogen) atoms. The Morgan fingerprint density at radius 3 is 2.88 bits per heavy atom. The van der Waals surface area contributed by atoms with E-state index in [1.165, 1.54) is 15.4 Å². The largest absolute Gasteiger partial charge is 0.376 e. The third kappa shape index (κ3) is 4.44. The second-order valence-corrected chi connectivity index (χ2v) is 12.1. The smallest absolute Gasteiger partial charge is 0.267 e. The van der Waals surface area contributed by atoms with Gasteiger partial charge in [-0.2, -0.15) is 0 Å². The molecule has 0 aliphatic carbocycles. The van der Waals surface area contributed by atoms with E-state index in [2.05, 4.69) is 10.3 Å². The van der Waals surface area contributed by atoms with E-state index in [9.17, 15) is 18.0 Å². The van der Waals surface area contributed by atoms with Gasteiger partial charge in [0.05, 0.1) is 34.1 Å². The maximum absolute atomic E-state index is 13.3. The van der Waals surface area contributed by atoms with Crippen LogP contribution in [-0.2, 0) is 19.4 Å². The van der Waals surface area contributed by atoms with Gasteiger partial charge in [-0.15, -0.1) is 0 Å². The Bertz CT molecular complexity index is 1330. The van der Waals surface area contributed by atoms with Gasteiger partial charge >= 0.3 is 0 Å². The first-order chi connectivity index (χ1) is 15.8. The van der Waals surface area contributed by atoms with Crippen LogP contribution in [0.15, 0.2) is 34.1 Å². The third-order valence-corrected chi connectivity index (χ3v) is 9.04. The number of aromatic nitrogens is 2. The lowest BCUT2D eigenvalue weighted by atomic mass is 10.2. The zero-order chi connectivity index (χ0) is 23.2. The van der Waals surface area contributed by atoms with Crippen molar-refractivity contribution in [1.82, 2.24) is 14.3 Å². The van der Waals surface area contributed by atoms with E-state index in [-0.39, 0.29) is 39.5 Å². The van der Waals surface area contributed by atoms with E-state index in [1.807, 2.05) is 0 Å². The summed E-state index contributed by atoms with van der Waals surface area (Å²) in [6.07, 6.45) is 5.45. The van der Waals surface area contributed by atoms with Gasteiger partial charge in [-0.05, 0) is 37.5 Å². The molecule has 12 heteroatoms. The van der Waals surface area contributed by atoms with Crippen molar-refractivity contribution in [3.05, 3.63) is 45.2 Å². The molecule has 0 aromatic carbocycles. The number of amides is 1. The molecule has 1 amide bonds. The lowest BCUT2D eigenvalue weighted by molar-refractivity contribution is -0.123. The molecular weight excluding hydrogens is 484 g/mol. The molecule has 0 spiro atoms. The van der Waals surface area contributed by atoms with Crippen molar-refractivity contribution in [3.8, 4) is 0 Å².